The Morgan fingerprint density at radius 1 is 0.789 bits per heavy atom. The fourth-order valence-corrected chi connectivity index (χ4v) is 7.15. The van der Waals surface area contributed by atoms with E-state index >= 15 is 0 Å². The normalized spacial score (nSPS) is 34.6. The molecule has 1 aliphatic carbocycles. The second-order valence-corrected chi connectivity index (χ2v) is 10.7. The Bertz CT molecular complexity index is 1340. The molecule has 3 aliphatic heterocycles. The molecular formula is C31H30N2O5. The van der Waals surface area contributed by atoms with E-state index in [1.165, 1.54) is 4.90 Å². The fourth-order valence-electron chi connectivity index (χ4n) is 7.15. The van der Waals surface area contributed by atoms with Crippen molar-refractivity contribution in [3.63, 3.8) is 0 Å². The van der Waals surface area contributed by atoms with Crippen molar-refractivity contribution in [2.45, 2.75) is 43.1 Å². The van der Waals surface area contributed by atoms with E-state index in [1.807, 2.05) is 66.7 Å². The number of carbonyl (C=O) groups excluding carboxylic acids is 2. The molecule has 4 fully saturated rings. The lowest BCUT2D eigenvalue weighted by Crippen LogP contribution is -2.62. The van der Waals surface area contributed by atoms with Gasteiger partial charge in [-0.15, -0.1) is 0 Å². The van der Waals surface area contributed by atoms with Gasteiger partial charge in [-0.25, -0.2) is 4.84 Å². The Hall–Kier alpha value is -3.36. The van der Waals surface area contributed by atoms with Gasteiger partial charge in [-0.05, 0) is 29.7 Å². The third-order valence-corrected chi connectivity index (χ3v) is 8.90. The van der Waals surface area contributed by atoms with E-state index in [0.29, 0.717) is 18.5 Å². The van der Waals surface area contributed by atoms with Crippen molar-refractivity contribution in [2.24, 2.45) is 17.8 Å². The number of para-hydroxylation sites is 1. The summed E-state index contributed by atoms with van der Waals surface area (Å²) in [6.07, 6.45) is 1.39. The van der Waals surface area contributed by atoms with Gasteiger partial charge in [0, 0.05) is 31.8 Å². The van der Waals surface area contributed by atoms with Crippen molar-refractivity contribution in [3.05, 3.63) is 102 Å². The quantitative estimate of drug-likeness (QED) is 0.459. The Morgan fingerprint density at radius 2 is 1.39 bits per heavy atom. The zero-order valence-corrected chi connectivity index (χ0v) is 21.2. The molecule has 1 unspecified atom stereocenters. The topological polar surface area (TPSA) is 68.3 Å². The van der Waals surface area contributed by atoms with E-state index in [1.54, 1.807) is 12.3 Å². The molecule has 0 aromatic heterocycles. The molecule has 4 aliphatic rings. The number of imide groups is 1. The van der Waals surface area contributed by atoms with Gasteiger partial charge in [-0.2, -0.15) is 0 Å². The Balaban J connectivity index is 1.28. The first-order valence-corrected chi connectivity index (χ1v) is 13.3. The van der Waals surface area contributed by atoms with Crippen LogP contribution < -0.4 is 4.90 Å². The Kier molecular flexibility index (Phi) is 5.70. The summed E-state index contributed by atoms with van der Waals surface area (Å²) in [4.78, 5) is 41.7. The average molecular weight is 511 g/mol. The third kappa shape index (κ3) is 3.57. The number of amides is 2. The number of carbonyl (C=O) groups is 2. The standard InChI is InChI=1S/C31H30N2O5/c1-36-31-19-24-23(29(34)32(30(24)35)22-15-9-4-10-16-22)17-25(31)28(21-13-7-3-8-14-21)26-18-27(37-33(26)38-31)20-11-5-2-6-12-20/h2-16,23-28H,17-19H2,1H3/t23-,24+,25+,26?,27-,28+,31+/m1/s1. The molecule has 0 N–H and O–H groups in total. The molecule has 38 heavy (non-hydrogen) atoms. The van der Waals surface area contributed by atoms with Crippen LogP contribution in [-0.4, -0.2) is 36.0 Å². The van der Waals surface area contributed by atoms with Gasteiger partial charge in [-0.3, -0.25) is 19.3 Å². The van der Waals surface area contributed by atoms with Crippen LogP contribution in [0.15, 0.2) is 91.0 Å². The maximum absolute atomic E-state index is 13.7. The molecule has 3 saturated heterocycles. The number of ether oxygens (including phenoxy) is 1. The first kappa shape index (κ1) is 23.7. The molecular weight excluding hydrogens is 480 g/mol. The summed E-state index contributed by atoms with van der Waals surface area (Å²) in [6.45, 7) is 0. The van der Waals surface area contributed by atoms with Gasteiger partial charge >= 0.3 is 0 Å². The van der Waals surface area contributed by atoms with E-state index < -0.39 is 17.6 Å². The first-order valence-electron chi connectivity index (χ1n) is 13.3. The monoisotopic (exact) mass is 510 g/mol. The molecule has 7 heteroatoms. The highest BCUT2D eigenvalue weighted by atomic mass is 17.0. The van der Waals surface area contributed by atoms with Crippen LogP contribution in [0.3, 0.4) is 0 Å². The molecule has 3 aromatic rings. The van der Waals surface area contributed by atoms with Gasteiger partial charge in [0.2, 0.25) is 11.8 Å². The summed E-state index contributed by atoms with van der Waals surface area (Å²) in [5.74, 6) is -2.48. The lowest BCUT2D eigenvalue weighted by molar-refractivity contribution is -0.493. The average Bonchev–Trinajstić information content (AvgIpc) is 3.49. The largest absolute Gasteiger partial charge is 0.351 e. The minimum Gasteiger partial charge on any atom is -0.351 e. The van der Waals surface area contributed by atoms with Crippen LogP contribution in [0.2, 0.25) is 0 Å². The zero-order valence-electron chi connectivity index (χ0n) is 21.2. The molecule has 0 bridgehead atoms. The SMILES string of the molecule is CO[C@]12C[C@@H]3C(=O)N(c4ccccc4)C(=O)[C@@H]3C[C@H]1[C@H](c1ccccc1)C1C[C@H](c3ccccc3)ON1O2. The zero-order chi connectivity index (χ0) is 25.9. The summed E-state index contributed by atoms with van der Waals surface area (Å²) in [5, 5.41) is 1.63. The molecule has 0 spiro atoms. The molecule has 194 valence electrons. The number of anilines is 1. The van der Waals surface area contributed by atoms with Crippen LogP contribution in [0.5, 0.6) is 0 Å². The maximum atomic E-state index is 13.7. The molecule has 1 saturated carbocycles. The maximum Gasteiger partial charge on any atom is 0.237 e. The molecule has 3 heterocycles. The third-order valence-electron chi connectivity index (χ3n) is 8.90. The van der Waals surface area contributed by atoms with Gasteiger partial charge in [0.05, 0.1) is 23.6 Å². The van der Waals surface area contributed by atoms with Crippen LogP contribution in [0.25, 0.3) is 0 Å². The highest BCUT2D eigenvalue weighted by molar-refractivity contribution is 6.22. The van der Waals surface area contributed by atoms with Crippen LogP contribution >= 0.6 is 0 Å². The predicted molar refractivity (Wildman–Crippen MR) is 139 cm³/mol. The van der Waals surface area contributed by atoms with E-state index in [0.717, 1.165) is 17.5 Å². The first-order chi connectivity index (χ1) is 18.6. The summed E-state index contributed by atoms with van der Waals surface area (Å²) >= 11 is 0. The number of hydroxylamine groups is 2. The lowest BCUT2D eigenvalue weighted by Gasteiger charge is -2.54. The van der Waals surface area contributed by atoms with Crippen LogP contribution in [0.4, 0.5) is 5.69 Å². The summed E-state index contributed by atoms with van der Waals surface area (Å²) in [7, 11) is 1.64. The summed E-state index contributed by atoms with van der Waals surface area (Å²) in [6, 6.07) is 29.6. The van der Waals surface area contributed by atoms with Crippen molar-refractivity contribution in [1.82, 2.24) is 5.23 Å². The van der Waals surface area contributed by atoms with Crippen LogP contribution in [0.1, 0.15) is 42.4 Å². The molecule has 7 rings (SSSR count). The lowest BCUT2D eigenvalue weighted by atomic mass is 9.63. The highest BCUT2D eigenvalue weighted by Crippen LogP contribution is 2.59. The van der Waals surface area contributed by atoms with Gasteiger partial charge in [-0.1, -0.05) is 84.1 Å². The minimum atomic E-state index is -1.09. The van der Waals surface area contributed by atoms with Gasteiger partial charge in [0.25, 0.3) is 0 Å². The van der Waals surface area contributed by atoms with Crippen molar-refractivity contribution < 1.29 is 24.0 Å². The fraction of sp³-hybridized carbons (Fsp3) is 0.355. The minimum absolute atomic E-state index is 0.00626. The van der Waals surface area contributed by atoms with Gasteiger partial charge in [0.15, 0.2) is 5.79 Å². The number of rotatable bonds is 4. The van der Waals surface area contributed by atoms with E-state index in [2.05, 4.69) is 24.3 Å². The van der Waals surface area contributed by atoms with Crippen molar-refractivity contribution >= 4 is 17.5 Å². The van der Waals surface area contributed by atoms with Gasteiger partial charge < -0.3 is 4.74 Å². The predicted octanol–water partition coefficient (Wildman–Crippen LogP) is 5.02. The second-order valence-electron chi connectivity index (χ2n) is 10.7. The van der Waals surface area contributed by atoms with Gasteiger partial charge in [0.1, 0.15) is 6.10 Å². The number of methoxy groups -OCH3 is 1. The number of fused-ring (bicyclic) bond motifs is 3. The molecule has 7 nitrogen and oxygen atoms in total. The molecule has 2 amide bonds. The number of benzene rings is 3. The van der Waals surface area contributed by atoms with Crippen LogP contribution in [0, 0.1) is 17.8 Å². The Labute approximate surface area is 221 Å². The van der Waals surface area contributed by atoms with Crippen molar-refractivity contribution in [1.29, 1.82) is 0 Å². The van der Waals surface area contributed by atoms with Crippen LogP contribution in [-0.2, 0) is 24.0 Å². The van der Waals surface area contributed by atoms with Crippen molar-refractivity contribution in [3.8, 4) is 0 Å². The number of nitrogens with zero attached hydrogens (tertiary/aromatic N) is 2. The summed E-state index contributed by atoms with van der Waals surface area (Å²) < 4.78 is 6.19. The smallest absolute Gasteiger partial charge is 0.237 e. The molecule has 7 atom stereocenters. The number of hydrogen-bond donors (Lipinski definition) is 0. The number of hydrogen-bond acceptors (Lipinski definition) is 6. The molecule has 3 aromatic carbocycles. The van der Waals surface area contributed by atoms with E-state index in [-0.39, 0.29) is 35.8 Å². The summed E-state index contributed by atoms with van der Waals surface area (Å²) in [5.41, 5.74) is 2.86. The Morgan fingerprint density at radius 3 is 2.05 bits per heavy atom. The van der Waals surface area contributed by atoms with E-state index in [9.17, 15) is 9.59 Å². The second kappa shape index (κ2) is 9.13. The molecule has 0 radical (unpaired) electrons. The van der Waals surface area contributed by atoms with E-state index in [4.69, 9.17) is 14.4 Å². The highest BCUT2D eigenvalue weighted by Gasteiger charge is 2.66. The van der Waals surface area contributed by atoms with Crippen molar-refractivity contribution in [2.75, 3.05) is 12.0 Å².